The van der Waals surface area contributed by atoms with Crippen molar-refractivity contribution in [2.45, 2.75) is 52.7 Å². The van der Waals surface area contributed by atoms with E-state index >= 15 is 0 Å². The van der Waals surface area contributed by atoms with Crippen LogP contribution in [0.3, 0.4) is 0 Å². The maximum Gasteiger partial charge on any atom is 0.359 e. The van der Waals surface area contributed by atoms with E-state index in [2.05, 4.69) is 15.3 Å². The fraction of sp³-hybridized carbons (Fsp3) is 0.444. The number of pyridine rings is 1. The Kier molecular flexibility index (Phi) is 4.32. The molecule has 1 N–H and O–H groups in total. The summed E-state index contributed by atoms with van der Waals surface area (Å²) in [5.74, 6) is 0.243. The summed E-state index contributed by atoms with van der Waals surface area (Å²) < 4.78 is 7.33. The zero-order valence-electron chi connectivity index (χ0n) is 14.9. The first kappa shape index (κ1) is 17.1. The number of imidazole rings is 1. The van der Waals surface area contributed by atoms with Gasteiger partial charge in [0.2, 0.25) is 0 Å². The van der Waals surface area contributed by atoms with Gasteiger partial charge in [-0.1, -0.05) is 0 Å². The Morgan fingerprint density at radius 3 is 2.76 bits per heavy atom. The highest BCUT2D eigenvalue weighted by Gasteiger charge is 2.30. The molecule has 0 atom stereocenters. The van der Waals surface area contributed by atoms with Crippen LogP contribution in [0.4, 0.5) is 5.82 Å². The minimum atomic E-state index is -0.621. The van der Waals surface area contributed by atoms with Crippen LogP contribution in [0.1, 0.15) is 59.6 Å². The molecular weight excluding hydrogens is 320 g/mol. The van der Waals surface area contributed by atoms with E-state index in [1.807, 2.05) is 32.3 Å². The third-order valence-corrected chi connectivity index (χ3v) is 3.81. The number of hydrogen-bond donors (Lipinski definition) is 1. The van der Waals surface area contributed by atoms with E-state index in [1.165, 1.54) is 0 Å². The van der Waals surface area contributed by atoms with Crippen molar-refractivity contribution in [1.29, 1.82) is 0 Å². The molecule has 3 heterocycles. The van der Waals surface area contributed by atoms with Gasteiger partial charge in [0.15, 0.2) is 11.5 Å². The lowest BCUT2D eigenvalue weighted by Crippen LogP contribution is -2.26. The van der Waals surface area contributed by atoms with Crippen LogP contribution in [0.2, 0.25) is 0 Å². The summed E-state index contributed by atoms with van der Waals surface area (Å²) in [4.78, 5) is 33.7. The van der Waals surface area contributed by atoms with Crippen LogP contribution in [0.15, 0.2) is 18.3 Å². The number of esters is 1. The van der Waals surface area contributed by atoms with Crippen molar-refractivity contribution in [3.63, 3.8) is 0 Å². The lowest BCUT2D eigenvalue weighted by molar-refractivity contribution is 0.00593. The van der Waals surface area contributed by atoms with Crippen LogP contribution < -0.4 is 5.32 Å². The summed E-state index contributed by atoms with van der Waals surface area (Å²) in [7, 11) is 0. The molecule has 1 amide bonds. The van der Waals surface area contributed by atoms with Gasteiger partial charge in [0.25, 0.3) is 5.91 Å². The SMILES string of the molecule is Cc1cc(C(=O)Nc2nc3n(c2C(=O)OC(C)(C)C)CCC3)ccn1. The van der Waals surface area contributed by atoms with Crippen molar-refractivity contribution in [3.05, 3.63) is 41.1 Å². The van der Waals surface area contributed by atoms with Gasteiger partial charge >= 0.3 is 5.97 Å². The lowest BCUT2D eigenvalue weighted by Gasteiger charge is -2.20. The fourth-order valence-electron chi connectivity index (χ4n) is 2.81. The Labute approximate surface area is 146 Å². The first-order chi connectivity index (χ1) is 11.7. The Hall–Kier alpha value is -2.70. The van der Waals surface area contributed by atoms with Crippen LogP contribution in [0.5, 0.6) is 0 Å². The molecule has 7 nitrogen and oxygen atoms in total. The number of nitrogens with zero attached hydrogens (tertiary/aromatic N) is 3. The van der Waals surface area contributed by atoms with Crippen LogP contribution >= 0.6 is 0 Å². The van der Waals surface area contributed by atoms with E-state index in [1.54, 1.807) is 18.3 Å². The number of ether oxygens (including phenoxy) is 1. The number of rotatable bonds is 3. The third kappa shape index (κ3) is 3.70. The molecule has 1 aliphatic heterocycles. The molecule has 1 aliphatic rings. The van der Waals surface area contributed by atoms with Gasteiger partial charge in [0, 0.05) is 30.4 Å². The number of anilines is 1. The third-order valence-electron chi connectivity index (χ3n) is 3.81. The van der Waals surface area contributed by atoms with E-state index in [-0.39, 0.29) is 11.7 Å². The van der Waals surface area contributed by atoms with Gasteiger partial charge in [-0.3, -0.25) is 9.78 Å². The minimum Gasteiger partial charge on any atom is -0.455 e. The molecule has 132 valence electrons. The fourth-order valence-corrected chi connectivity index (χ4v) is 2.81. The smallest absolute Gasteiger partial charge is 0.359 e. The van der Waals surface area contributed by atoms with Gasteiger partial charge in [-0.05, 0) is 46.2 Å². The van der Waals surface area contributed by atoms with Gasteiger partial charge in [-0.25, -0.2) is 9.78 Å². The molecular formula is C18H22N4O3. The second-order valence-corrected chi connectivity index (χ2v) is 7.12. The number of hydrogen-bond acceptors (Lipinski definition) is 5. The Balaban J connectivity index is 1.91. The van der Waals surface area contributed by atoms with Crippen molar-refractivity contribution >= 4 is 17.7 Å². The lowest BCUT2D eigenvalue weighted by atomic mass is 10.2. The molecule has 0 aliphatic carbocycles. The van der Waals surface area contributed by atoms with Crippen LogP contribution in [-0.4, -0.2) is 32.0 Å². The van der Waals surface area contributed by atoms with Crippen molar-refractivity contribution in [2.75, 3.05) is 5.32 Å². The standard InChI is InChI=1S/C18H22N4O3/c1-11-10-12(7-8-19-11)16(23)21-15-14(17(24)25-18(2,3)4)22-9-5-6-13(22)20-15/h7-8,10H,5-6,9H2,1-4H3,(H,21,23). The van der Waals surface area contributed by atoms with Crippen LogP contribution in [-0.2, 0) is 17.7 Å². The van der Waals surface area contributed by atoms with Crippen molar-refractivity contribution < 1.29 is 14.3 Å². The highest BCUT2D eigenvalue weighted by molar-refractivity contribution is 6.06. The van der Waals surface area contributed by atoms with Gasteiger partial charge in [-0.2, -0.15) is 0 Å². The number of aryl methyl sites for hydroxylation is 2. The van der Waals surface area contributed by atoms with Crippen LogP contribution in [0, 0.1) is 6.92 Å². The van der Waals surface area contributed by atoms with Gasteiger partial charge in [-0.15, -0.1) is 0 Å². The molecule has 3 rings (SSSR count). The Morgan fingerprint density at radius 2 is 2.08 bits per heavy atom. The van der Waals surface area contributed by atoms with Crippen molar-refractivity contribution in [3.8, 4) is 0 Å². The second-order valence-electron chi connectivity index (χ2n) is 7.12. The average molecular weight is 342 g/mol. The molecule has 0 aromatic carbocycles. The maximum absolute atomic E-state index is 12.6. The maximum atomic E-state index is 12.6. The molecule has 0 saturated carbocycles. The molecule has 0 unspecified atom stereocenters. The number of amides is 1. The van der Waals surface area contributed by atoms with E-state index in [0.29, 0.717) is 17.8 Å². The molecule has 0 spiro atoms. The monoisotopic (exact) mass is 342 g/mol. The molecule has 0 saturated heterocycles. The number of carbonyl (C=O) groups excluding carboxylic acids is 2. The van der Waals surface area contributed by atoms with Crippen molar-refractivity contribution in [1.82, 2.24) is 14.5 Å². The number of nitrogens with one attached hydrogen (secondary N) is 1. The molecule has 2 aromatic heterocycles. The highest BCUT2D eigenvalue weighted by atomic mass is 16.6. The average Bonchev–Trinajstić information content (AvgIpc) is 3.05. The summed E-state index contributed by atoms with van der Waals surface area (Å²) in [5, 5.41) is 2.75. The zero-order chi connectivity index (χ0) is 18.2. The van der Waals surface area contributed by atoms with Crippen molar-refractivity contribution in [2.24, 2.45) is 0 Å². The van der Waals surface area contributed by atoms with Gasteiger partial charge in [0.05, 0.1) is 0 Å². The first-order valence-electron chi connectivity index (χ1n) is 8.31. The van der Waals surface area contributed by atoms with E-state index in [0.717, 1.165) is 24.4 Å². The molecule has 0 fully saturated rings. The quantitative estimate of drug-likeness (QED) is 0.867. The molecule has 25 heavy (non-hydrogen) atoms. The first-order valence-corrected chi connectivity index (χ1v) is 8.31. The van der Waals surface area contributed by atoms with Gasteiger partial charge in [0.1, 0.15) is 11.4 Å². The summed E-state index contributed by atoms with van der Waals surface area (Å²) in [6, 6.07) is 3.31. The van der Waals surface area contributed by atoms with E-state index in [9.17, 15) is 9.59 Å². The Bertz CT molecular complexity index is 833. The largest absolute Gasteiger partial charge is 0.455 e. The predicted molar refractivity (Wildman–Crippen MR) is 92.6 cm³/mol. The predicted octanol–water partition coefficient (Wildman–Crippen LogP) is 2.74. The summed E-state index contributed by atoms with van der Waals surface area (Å²) >= 11 is 0. The van der Waals surface area contributed by atoms with Gasteiger partial charge < -0.3 is 14.6 Å². The summed E-state index contributed by atoms with van der Waals surface area (Å²) in [6.07, 6.45) is 3.28. The second kappa shape index (κ2) is 6.31. The number of fused-ring (bicyclic) bond motifs is 1. The highest BCUT2D eigenvalue weighted by Crippen LogP contribution is 2.26. The van der Waals surface area contributed by atoms with E-state index in [4.69, 9.17) is 4.74 Å². The van der Waals surface area contributed by atoms with E-state index < -0.39 is 11.6 Å². The number of aromatic nitrogens is 3. The molecule has 0 bridgehead atoms. The molecule has 7 heteroatoms. The Morgan fingerprint density at radius 1 is 1.32 bits per heavy atom. The van der Waals surface area contributed by atoms with Crippen LogP contribution in [0.25, 0.3) is 0 Å². The minimum absolute atomic E-state index is 0.253. The molecule has 0 radical (unpaired) electrons. The zero-order valence-corrected chi connectivity index (χ0v) is 14.9. The number of carbonyl (C=O) groups is 2. The summed E-state index contributed by atoms with van der Waals surface area (Å²) in [6.45, 7) is 7.94. The topological polar surface area (TPSA) is 86.1 Å². The molecule has 2 aromatic rings. The normalized spacial score (nSPS) is 13.4. The summed E-state index contributed by atoms with van der Waals surface area (Å²) in [5.41, 5.74) is 0.897.